The Kier molecular flexibility index (Phi) is 9.86. The van der Waals surface area contributed by atoms with Crippen LogP contribution in [0.1, 0.15) is 36.5 Å². The monoisotopic (exact) mass is 535 g/mol. The minimum absolute atomic E-state index is 0. The third-order valence-electron chi connectivity index (χ3n) is 4.50. The third kappa shape index (κ3) is 6.24. The smallest absolute Gasteiger partial charge is 0.205 e. The van der Waals surface area contributed by atoms with Crippen molar-refractivity contribution >= 4 is 57.9 Å². The van der Waals surface area contributed by atoms with Crippen LogP contribution in [0.5, 0.6) is 0 Å². The first-order valence-corrected chi connectivity index (χ1v) is 11.4. The van der Waals surface area contributed by atoms with Crippen LogP contribution in [0.15, 0.2) is 11.2 Å². The van der Waals surface area contributed by atoms with E-state index < -0.39 is 0 Å². The third-order valence-corrected chi connectivity index (χ3v) is 6.51. The molecule has 0 atom stereocenters. The van der Waals surface area contributed by atoms with Crippen molar-refractivity contribution in [2.75, 3.05) is 44.2 Å². The highest BCUT2D eigenvalue weighted by molar-refractivity contribution is 14.0. The maximum Gasteiger partial charge on any atom is 0.205 e. The van der Waals surface area contributed by atoms with Crippen molar-refractivity contribution < 1.29 is 0 Å². The number of hydrogen-bond acceptors (Lipinski definition) is 7. The quantitative estimate of drug-likeness (QED) is 0.334. The van der Waals surface area contributed by atoms with Gasteiger partial charge < -0.3 is 15.1 Å². The van der Waals surface area contributed by atoms with E-state index in [0.717, 1.165) is 75.4 Å². The molecule has 0 radical (unpaired) electrons. The van der Waals surface area contributed by atoms with Gasteiger partial charge in [-0.1, -0.05) is 13.8 Å². The van der Waals surface area contributed by atoms with Crippen molar-refractivity contribution in [3.63, 3.8) is 0 Å². The zero-order valence-electron chi connectivity index (χ0n) is 16.8. The summed E-state index contributed by atoms with van der Waals surface area (Å²) in [6, 6.07) is 0. The summed E-state index contributed by atoms with van der Waals surface area (Å²) in [5.74, 6) is 1.96. The van der Waals surface area contributed by atoms with Gasteiger partial charge in [0.15, 0.2) is 5.96 Å². The molecule has 156 valence electrons. The van der Waals surface area contributed by atoms with Gasteiger partial charge in [0.25, 0.3) is 0 Å². The summed E-state index contributed by atoms with van der Waals surface area (Å²) in [6.45, 7) is 11.8. The van der Waals surface area contributed by atoms with Crippen LogP contribution in [0, 0.1) is 0 Å². The van der Waals surface area contributed by atoms with Gasteiger partial charge in [-0.3, -0.25) is 4.99 Å². The number of aryl methyl sites for hydroxylation is 2. The van der Waals surface area contributed by atoms with Crippen LogP contribution in [0.3, 0.4) is 0 Å². The summed E-state index contributed by atoms with van der Waals surface area (Å²) in [6.07, 6.45) is 4.85. The molecule has 28 heavy (non-hydrogen) atoms. The molecule has 1 fully saturated rings. The molecule has 10 heteroatoms. The molecule has 0 spiro atoms. The topological polar surface area (TPSA) is 69.5 Å². The summed E-state index contributed by atoms with van der Waals surface area (Å²) in [5, 5.41) is 5.66. The van der Waals surface area contributed by atoms with E-state index in [-0.39, 0.29) is 24.0 Å². The van der Waals surface area contributed by atoms with Crippen molar-refractivity contribution in [3.05, 3.63) is 21.9 Å². The first-order chi connectivity index (χ1) is 13.2. The minimum Gasteiger partial charge on any atom is -0.357 e. The minimum atomic E-state index is 0. The van der Waals surface area contributed by atoms with Gasteiger partial charge in [0.2, 0.25) is 5.13 Å². The number of halogens is 1. The van der Waals surface area contributed by atoms with Gasteiger partial charge in [-0.2, -0.15) is 4.37 Å². The van der Waals surface area contributed by atoms with Crippen molar-refractivity contribution in [1.29, 1.82) is 0 Å². The summed E-state index contributed by atoms with van der Waals surface area (Å²) in [5.41, 5.74) is 0. The zero-order valence-corrected chi connectivity index (χ0v) is 20.8. The largest absolute Gasteiger partial charge is 0.357 e. The van der Waals surface area contributed by atoms with Crippen LogP contribution in [0.4, 0.5) is 5.13 Å². The Morgan fingerprint density at radius 3 is 2.57 bits per heavy atom. The summed E-state index contributed by atoms with van der Waals surface area (Å²) in [4.78, 5) is 20.0. The van der Waals surface area contributed by atoms with Crippen molar-refractivity contribution in [2.45, 2.75) is 40.0 Å². The van der Waals surface area contributed by atoms with E-state index in [4.69, 9.17) is 4.99 Å². The van der Waals surface area contributed by atoms with Gasteiger partial charge in [-0.15, -0.1) is 35.3 Å². The van der Waals surface area contributed by atoms with Gasteiger partial charge in [0.05, 0.1) is 5.01 Å². The molecule has 1 N–H and O–H groups in total. The van der Waals surface area contributed by atoms with Crippen molar-refractivity contribution in [1.82, 2.24) is 24.6 Å². The molecule has 0 aromatic carbocycles. The first-order valence-electron chi connectivity index (χ1n) is 9.77. The second-order valence-corrected chi connectivity index (χ2v) is 8.31. The predicted molar refractivity (Wildman–Crippen MR) is 130 cm³/mol. The highest BCUT2D eigenvalue weighted by atomic mass is 127. The molecular weight excluding hydrogens is 505 g/mol. The lowest BCUT2D eigenvalue weighted by molar-refractivity contribution is 0.372. The normalized spacial score (nSPS) is 14.9. The Balaban J connectivity index is 0.00000280. The number of nitrogens with zero attached hydrogens (tertiary/aromatic N) is 6. The van der Waals surface area contributed by atoms with Crippen molar-refractivity contribution in [3.8, 4) is 0 Å². The maximum atomic E-state index is 4.84. The van der Waals surface area contributed by atoms with Crippen LogP contribution in [-0.2, 0) is 19.3 Å². The summed E-state index contributed by atoms with van der Waals surface area (Å²) < 4.78 is 4.40. The average molecular weight is 536 g/mol. The summed E-state index contributed by atoms with van der Waals surface area (Å²) >= 11 is 3.31. The molecule has 0 unspecified atom stereocenters. The van der Waals surface area contributed by atoms with Crippen LogP contribution in [0.2, 0.25) is 0 Å². The molecule has 1 saturated heterocycles. The lowest BCUT2D eigenvalue weighted by Crippen LogP contribution is -2.52. The second kappa shape index (κ2) is 11.9. The van der Waals surface area contributed by atoms with Crippen molar-refractivity contribution in [2.24, 2.45) is 4.99 Å². The van der Waals surface area contributed by atoms with Crippen LogP contribution >= 0.6 is 46.8 Å². The molecule has 0 aliphatic carbocycles. The second-order valence-electron chi connectivity index (χ2n) is 6.38. The first kappa shape index (κ1) is 23.3. The fraction of sp³-hybridized carbons (Fsp3) is 0.667. The molecular formula is C18H30IN7S2. The average Bonchev–Trinajstić information content (AvgIpc) is 3.37. The van der Waals surface area contributed by atoms with Gasteiger partial charge >= 0.3 is 0 Å². The van der Waals surface area contributed by atoms with Crippen LogP contribution in [0.25, 0.3) is 0 Å². The van der Waals surface area contributed by atoms with E-state index >= 15 is 0 Å². The number of rotatable bonds is 7. The molecule has 3 rings (SSSR count). The number of aliphatic imine (C=N–C) groups is 1. The van der Waals surface area contributed by atoms with Gasteiger partial charge in [0, 0.05) is 74.7 Å². The van der Waals surface area contributed by atoms with E-state index in [1.165, 1.54) is 21.4 Å². The predicted octanol–water partition coefficient (Wildman–Crippen LogP) is 3.07. The fourth-order valence-corrected chi connectivity index (χ4v) is 4.59. The number of hydrogen-bond donors (Lipinski definition) is 1. The Labute approximate surface area is 192 Å². The lowest BCUT2D eigenvalue weighted by atomic mass is 10.3. The Morgan fingerprint density at radius 1 is 1.18 bits per heavy atom. The standard InChI is InChI=1S/C18H29N7S2.HI/c1-4-14-13-21-16(26-14)7-8-20-17(19-6-3)24-9-11-25(12-10-24)18-22-15(5-2)23-27-18;/h13H,4-12H2,1-3H3,(H,19,20);1H. The fourth-order valence-electron chi connectivity index (χ4n) is 2.94. The van der Waals surface area contributed by atoms with Crippen LogP contribution < -0.4 is 10.2 Å². The Hall–Kier alpha value is -1.01. The van der Waals surface area contributed by atoms with Gasteiger partial charge in [0.1, 0.15) is 5.82 Å². The number of aromatic nitrogens is 3. The van der Waals surface area contributed by atoms with Crippen LogP contribution in [-0.4, -0.2) is 64.5 Å². The number of nitrogens with one attached hydrogen (secondary N) is 1. The highest BCUT2D eigenvalue weighted by Gasteiger charge is 2.22. The lowest BCUT2D eigenvalue weighted by Gasteiger charge is -2.36. The van der Waals surface area contributed by atoms with E-state index in [2.05, 4.69) is 50.2 Å². The van der Waals surface area contributed by atoms with Gasteiger partial charge in [-0.05, 0) is 13.3 Å². The molecule has 0 amide bonds. The number of piperazine rings is 1. The highest BCUT2D eigenvalue weighted by Crippen LogP contribution is 2.19. The zero-order chi connectivity index (χ0) is 19.1. The Morgan fingerprint density at radius 2 is 1.96 bits per heavy atom. The van der Waals surface area contributed by atoms with E-state index in [9.17, 15) is 0 Å². The van der Waals surface area contributed by atoms with E-state index in [1.54, 1.807) is 11.3 Å². The van der Waals surface area contributed by atoms with E-state index in [1.807, 2.05) is 6.20 Å². The molecule has 0 saturated carbocycles. The number of guanidine groups is 1. The molecule has 7 nitrogen and oxygen atoms in total. The molecule has 3 heterocycles. The SMILES string of the molecule is CCNC(=NCCc1ncc(CC)s1)N1CCN(c2nc(CC)ns2)CC1.I. The number of thiazole rings is 1. The Bertz CT molecular complexity index is 738. The molecule has 1 aliphatic heterocycles. The van der Waals surface area contributed by atoms with E-state index in [0.29, 0.717) is 0 Å². The maximum absolute atomic E-state index is 4.84. The number of anilines is 1. The molecule has 2 aromatic heterocycles. The molecule has 2 aromatic rings. The molecule has 1 aliphatic rings. The summed E-state index contributed by atoms with van der Waals surface area (Å²) in [7, 11) is 0. The van der Waals surface area contributed by atoms with Gasteiger partial charge in [-0.25, -0.2) is 9.97 Å². The molecule has 0 bridgehead atoms.